The first-order valence-electron chi connectivity index (χ1n) is 6.64. The number of pyridine rings is 1. The zero-order valence-electron chi connectivity index (χ0n) is 11.4. The third-order valence-corrected chi connectivity index (χ3v) is 3.97. The first-order valence-corrected chi connectivity index (χ1v) is 6.64. The Morgan fingerprint density at radius 3 is 2.74 bits per heavy atom. The van der Waals surface area contributed by atoms with Crippen molar-refractivity contribution in [2.24, 2.45) is 5.92 Å². The third kappa shape index (κ3) is 2.77. The Morgan fingerprint density at radius 2 is 2.11 bits per heavy atom. The predicted molar refractivity (Wildman–Crippen MR) is 75.1 cm³/mol. The lowest BCUT2D eigenvalue weighted by Crippen LogP contribution is -2.39. The Labute approximate surface area is 112 Å². The molecule has 1 heterocycles. The minimum Gasteiger partial charge on any atom is -0.384 e. The van der Waals surface area contributed by atoms with Crippen LogP contribution in [0.3, 0.4) is 0 Å². The van der Waals surface area contributed by atoms with Gasteiger partial charge in [-0.2, -0.15) is 0 Å². The molecule has 2 atom stereocenters. The summed E-state index contributed by atoms with van der Waals surface area (Å²) in [6.07, 6.45) is 4.60. The second kappa shape index (κ2) is 5.42. The Hall–Kier alpha value is -1.85. The van der Waals surface area contributed by atoms with Crippen molar-refractivity contribution in [2.75, 3.05) is 17.7 Å². The summed E-state index contributed by atoms with van der Waals surface area (Å²) in [7, 11) is 1.88. The van der Waals surface area contributed by atoms with Crippen LogP contribution >= 0.6 is 0 Å². The summed E-state index contributed by atoms with van der Waals surface area (Å²) < 4.78 is 0. The van der Waals surface area contributed by atoms with Crippen molar-refractivity contribution < 1.29 is 4.92 Å². The molecule has 104 valence electrons. The number of nitrogens with zero attached hydrogens (tertiary/aromatic N) is 3. The zero-order chi connectivity index (χ0) is 14.0. The smallest absolute Gasteiger partial charge is 0.311 e. The molecule has 6 heteroatoms. The van der Waals surface area contributed by atoms with E-state index < -0.39 is 4.92 Å². The van der Waals surface area contributed by atoms with Crippen LogP contribution in [0, 0.1) is 16.0 Å². The summed E-state index contributed by atoms with van der Waals surface area (Å²) in [5, 5.41) is 11.1. The van der Waals surface area contributed by atoms with Crippen molar-refractivity contribution in [3.05, 3.63) is 22.2 Å². The van der Waals surface area contributed by atoms with Gasteiger partial charge in [0.1, 0.15) is 5.82 Å². The molecule has 2 rings (SSSR count). The fraction of sp³-hybridized carbons (Fsp3) is 0.615. The van der Waals surface area contributed by atoms with E-state index in [1.54, 1.807) is 0 Å². The van der Waals surface area contributed by atoms with E-state index >= 15 is 0 Å². The van der Waals surface area contributed by atoms with Gasteiger partial charge in [0.05, 0.1) is 4.92 Å². The van der Waals surface area contributed by atoms with Crippen molar-refractivity contribution in [2.45, 2.75) is 38.6 Å². The molecule has 0 amide bonds. The van der Waals surface area contributed by atoms with Crippen LogP contribution < -0.4 is 10.6 Å². The molecular weight excluding hydrogens is 244 g/mol. The van der Waals surface area contributed by atoms with Crippen LogP contribution in [0.5, 0.6) is 0 Å². The maximum atomic E-state index is 11.1. The van der Waals surface area contributed by atoms with Crippen molar-refractivity contribution in [3.63, 3.8) is 0 Å². The fourth-order valence-corrected chi connectivity index (χ4v) is 2.89. The van der Waals surface area contributed by atoms with Crippen molar-refractivity contribution in [1.82, 2.24) is 4.98 Å². The highest BCUT2D eigenvalue weighted by atomic mass is 16.6. The molecular formula is C13H20N4O2. The van der Waals surface area contributed by atoms with E-state index in [2.05, 4.69) is 11.9 Å². The molecule has 0 spiro atoms. The van der Waals surface area contributed by atoms with E-state index in [1.807, 2.05) is 11.9 Å². The SMILES string of the molecule is CC1CCCCC1N(C)c1nc(N)ccc1[N+](=O)[O-]. The Balaban J connectivity index is 2.34. The molecule has 1 fully saturated rings. The molecule has 0 bridgehead atoms. The summed E-state index contributed by atoms with van der Waals surface area (Å²) in [4.78, 5) is 16.8. The number of anilines is 2. The van der Waals surface area contributed by atoms with E-state index in [1.165, 1.54) is 18.6 Å². The quantitative estimate of drug-likeness (QED) is 0.670. The number of nitrogens with two attached hydrogens (primary N) is 1. The number of nitrogen functional groups attached to an aromatic ring is 1. The largest absolute Gasteiger partial charge is 0.384 e. The van der Waals surface area contributed by atoms with Gasteiger partial charge in [0, 0.05) is 19.2 Å². The molecule has 0 saturated heterocycles. The number of rotatable bonds is 3. The van der Waals surface area contributed by atoms with Gasteiger partial charge in [0.15, 0.2) is 0 Å². The first kappa shape index (κ1) is 13.6. The molecule has 0 aliphatic heterocycles. The van der Waals surface area contributed by atoms with E-state index in [0.29, 0.717) is 23.6 Å². The maximum absolute atomic E-state index is 11.1. The molecule has 6 nitrogen and oxygen atoms in total. The van der Waals surface area contributed by atoms with Gasteiger partial charge in [-0.3, -0.25) is 10.1 Å². The monoisotopic (exact) mass is 264 g/mol. The van der Waals surface area contributed by atoms with E-state index in [0.717, 1.165) is 19.3 Å². The minimum absolute atomic E-state index is 0.0227. The Morgan fingerprint density at radius 1 is 1.42 bits per heavy atom. The standard InChI is InChI=1S/C13H20N4O2/c1-9-5-3-4-6-10(9)16(2)13-11(17(18)19)7-8-12(14)15-13/h7-10H,3-6H2,1-2H3,(H2,14,15). The first-order chi connectivity index (χ1) is 9.00. The molecule has 1 aromatic rings. The molecule has 1 aromatic heterocycles. The van der Waals surface area contributed by atoms with Gasteiger partial charge < -0.3 is 10.6 Å². The molecule has 2 unspecified atom stereocenters. The highest BCUT2D eigenvalue weighted by Gasteiger charge is 2.29. The number of hydrogen-bond donors (Lipinski definition) is 1. The van der Waals surface area contributed by atoms with Gasteiger partial charge in [0.25, 0.3) is 0 Å². The van der Waals surface area contributed by atoms with Gasteiger partial charge in [-0.1, -0.05) is 19.8 Å². The van der Waals surface area contributed by atoms with Crippen LogP contribution in [0.25, 0.3) is 0 Å². The highest BCUT2D eigenvalue weighted by molar-refractivity contribution is 5.61. The van der Waals surface area contributed by atoms with Crippen LogP contribution in [0.4, 0.5) is 17.3 Å². The van der Waals surface area contributed by atoms with Gasteiger partial charge in [0.2, 0.25) is 5.82 Å². The average molecular weight is 264 g/mol. The van der Waals surface area contributed by atoms with Crippen molar-refractivity contribution in [1.29, 1.82) is 0 Å². The summed E-state index contributed by atoms with van der Waals surface area (Å²) in [6, 6.07) is 3.20. The molecule has 1 aliphatic carbocycles. The van der Waals surface area contributed by atoms with Gasteiger partial charge in [-0.05, 0) is 24.8 Å². The molecule has 0 radical (unpaired) electrons. The summed E-state index contributed by atoms with van der Waals surface area (Å²) in [6.45, 7) is 2.19. The fourth-order valence-electron chi connectivity index (χ4n) is 2.89. The Bertz CT molecular complexity index is 478. The topological polar surface area (TPSA) is 85.3 Å². The van der Waals surface area contributed by atoms with Gasteiger partial charge in [-0.25, -0.2) is 4.98 Å². The summed E-state index contributed by atoms with van der Waals surface area (Å²) >= 11 is 0. The normalized spacial score (nSPS) is 23.1. The molecule has 2 N–H and O–H groups in total. The van der Waals surface area contributed by atoms with E-state index in [-0.39, 0.29) is 5.69 Å². The molecule has 19 heavy (non-hydrogen) atoms. The van der Waals surface area contributed by atoms with Gasteiger partial charge in [-0.15, -0.1) is 0 Å². The zero-order valence-corrected chi connectivity index (χ0v) is 11.4. The number of nitro groups is 1. The van der Waals surface area contributed by atoms with Crippen LogP contribution in [0.15, 0.2) is 12.1 Å². The minimum atomic E-state index is -0.397. The van der Waals surface area contributed by atoms with Crippen LogP contribution in [-0.4, -0.2) is 23.0 Å². The van der Waals surface area contributed by atoms with E-state index in [4.69, 9.17) is 5.73 Å². The molecule has 1 aliphatic rings. The lowest BCUT2D eigenvalue weighted by molar-refractivity contribution is -0.384. The average Bonchev–Trinajstić information content (AvgIpc) is 2.38. The summed E-state index contributed by atoms with van der Waals surface area (Å²) in [5.74, 6) is 1.21. The number of aromatic nitrogens is 1. The summed E-state index contributed by atoms with van der Waals surface area (Å²) in [5.41, 5.74) is 5.69. The van der Waals surface area contributed by atoms with Crippen molar-refractivity contribution >= 4 is 17.3 Å². The predicted octanol–water partition coefficient (Wildman–Crippen LogP) is 2.59. The highest BCUT2D eigenvalue weighted by Crippen LogP contribution is 2.34. The second-order valence-corrected chi connectivity index (χ2v) is 5.28. The Kier molecular flexibility index (Phi) is 3.87. The third-order valence-electron chi connectivity index (χ3n) is 3.97. The van der Waals surface area contributed by atoms with E-state index in [9.17, 15) is 10.1 Å². The maximum Gasteiger partial charge on any atom is 0.311 e. The van der Waals surface area contributed by atoms with Crippen LogP contribution in [0.1, 0.15) is 32.6 Å². The van der Waals surface area contributed by atoms with Crippen molar-refractivity contribution in [3.8, 4) is 0 Å². The second-order valence-electron chi connectivity index (χ2n) is 5.28. The molecule has 0 aromatic carbocycles. The van der Waals surface area contributed by atoms with Crippen LogP contribution in [0.2, 0.25) is 0 Å². The van der Waals surface area contributed by atoms with Gasteiger partial charge >= 0.3 is 5.69 Å². The lowest BCUT2D eigenvalue weighted by Gasteiger charge is -2.36. The molecule has 1 saturated carbocycles. The number of hydrogen-bond acceptors (Lipinski definition) is 5. The van der Waals surface area contributed by atoms with Crippen LogP contribution in [-0.2, 0) is 0 Å². The lowest BCUT2D eigenvalue weighted by atomic mass is 9.85.